The van der Waals surface area contributed by atoms with Gasteiger partial charge in [-0.1, -0.05) is 11.6 Å². The summed E-state index contributed by atoms with van der Waals surface area (Å²) in [6.07, 6.45) is 1.59. The molecule has 2 aliphatic rings. The summed E-state index contributed by atoms with van der Waals surface area (Å²) in [6.45, 7) is 2.71. The SMILES string of the molecule is O=C1NC(O)C(O)N1CCN1CCC(c2cn(-c3ccc(F)cc3)c3ccc(Cl)cc23)CC1. The number of nitrogens with one attached hydrogen (secondary N) is 1. The molecule has 0 aliphatic carbocycles. The average molecular weight is 473 g/mol. The van der Waals surface area contributed by atoms with Crippen LogP contribution >= 0.6 is 11.6 Å². The van der Waals surface area contributed by atoms with Crippen molar-refractivity contribution in [3.05, 3.63) is 65.1 Å². The number of aliphatic hydroxyl groups excluding tert-OH is 2. The summed E-state index contributed by atoms with van der Waals surface area (Å²) in [6, 6.07) is 11.9. The molecule has 2 atom stereocenters. The number of nitrogens with zero attached hydrogens (tertiary/aromatic N) is 3. The predicted molar refractivity (Wildman–Crippen MR) is 124 cm³/mol. The first-order valence-corrected chi connectivity index (χ1v) is 11.5. The number of likely N-dealkylation sites (tertiary alicyclic amines) is 1. The number of hydrogen-bond donors (Lipinski definition) is 3. The molecule has 0 spiro atoms. The standard InChI is InChI=1S/C24H26ClFN4O3/c25-16-1-6-21-19(13-16)20(14-30(21)18-4-2-17(26)3-5-18)15-7-9-28(10-8-15)11-12-29-23(32)22(31)27-24(29)33/h1-6,13-15,22-23,31-32H,7-12H2,(H,27,33). The topological polar surface area (TPSA) is 81.0 Å². The fourth-order valence-electron chi connectivity index (χ4n) is 4.89. The van der Waals surface area contributed by atoms with Gasteiger partial charge in [0.15, 0.2) is 12.5 Å². The maximum absolute atomic E-state index is 13.4. The van der Waals surface area contributed by atoms with Crippen LogP contribution in [0.4, 0.5) is 9.18 Å². The van der Waals surface area contributed by atoms with E-state index >= 15 is 0 Å². The van der Waals surface area contributed by atoms with E-state index in [1.165, 1.54) is 22.6 Å². The van der Waals surface area contributed by atoms with Crippen LogP contribution in [0.15, 0.2) is 48.7 Å². The molecule has 2 saturated heterocycles. The summed E-state index contributed by atoms with van der Waals surface area (Å²) < 4.78 is 15.5. The van der Waals surface area contributed by atoms with Gasteiger partial charge in [0.1, 0.15) is 5.82 Å². The minimum Gasteiger partial charge on any atom is -0.369 e. The van der Waals surface area contributed by atoms with Crippen molar-refractivity contribution in [2.24, 2.45) is 0 Å². The van der Waals surface area contributed by atoms with E-state index in [1.807, 2.05) is 18.2 Å². The highest BCUT2D eigenvalue weighted by molar-refractivity contribution is 6.31. The number of fused-ring (bicyclic) bond motifs is 1. The second kappa shape index (κ2) is 8.95. The van der Waals surface area contributed by atoms with Crippen molar-refractivity contribution in [1.29, 1.82) is 0 Å². The molecule has 0 bridgehead atoms. The van der Waals surface area contributed by atoms with Crippen molar-refractivity contribution in [3.8, 4) is 5.69 Å². The van der Waals surface area contributed by atoms with Crippen molar-refractivity contribution in [3.63, 3.8) is 0 Å². The number of carbonyl (C=O) groups is 1. The molecule has 2 unspecified atom stereocenters. The average Bonchev–Trinajstić information content (AvgIpc) is 3.29. The summed E-state index contributed by atoms with van der Waals surface area (Å²) in [5.74, 6) is 0.0886. The molecular weight excluding hydrogens is 447 g/mol. The van der Waals surface area contributed by atoms with Crippen LogP contribution < -0.4 is 5.32 Å². The van der Waals surface area contributed by atoms with Crippen molar-refractivity contribution >= 4 is 28.5 Å². The van der Waals surface area contributed by atoms with Crippen LogP contribution in [0.5, 0.6) is 0 Å². The maximum atomic E-state index is 13.4. The zero-order valence-electron chi connectivity index (χ0n) is 18.0. The quantitative estimate of drug-likeness (QED) is 0.532. The van der Waals surface area contributed by atoms with Gasteiger partial charge in [0, 0.05) is 35.4 Å². The number of rotatable bonds is 5. The largest absolute Gasteiger partial charge is 0.369 e. The van der Waals surface area contributed by atoms with Gasteiger partial charge in [-0.3, -0.25) is 4.90 Å². The Kier molecular flexibility index (Phi) is 6.01. The van der Waals surface area contributed by atoms with Gasteiger partial charge in [-0.15, -0.1) is 0 Å². The smallest absolute Gasteiger partial charge is 0.321 e. The van der Waals surface area contributed by atoms with Gasteiger partial charge in [0.05, 0.1) is 5.52 Å². The number of aromatic nitrogens is 1. The third kappa shape index (κ3) is 4.31. The molecule has 2 fully saturated rings. The zero-order valence-corrected chi connectivity index (χ0v) is 18.7. The zero-order chi connectivity index (χ0) is 23.1. The molecule has 7 nitrogen and oxygen atoms in total. The summed E-state index contributed by atoms with van der Waals surface area (Å²) in [5, 5.41) is 23.6. The van der Waals surface area contributed by atoms with E-state index in [9.17, 15) is 19.4 Å². The Morgan fingerprint density at radius 1 is 1.06 bits per heavy atom. The van der Waals surface area contributed by atoms with Crippen LogP contribution in [0.25, 0.3) is 16.6 Å². The summed E-state index contributed by atoms with van der Waals surface area (Å²) >= 11 is 6.32. The Hall–Kier alpha value is -2.65. The Morgan fingerprint density at radius 2 is 1.79 bits per heavy atom. The highest BCUT2D eigenvalue weighted by Crippen LogP contribution is 2.37. The molecule has 2 aromatic carbocycles. The first-order valence-electron chi connectivity index (χ1n) is 11.1. The first-order chi connectivity index (χ1) is 15.9. The fourth-order valence-corrected chi connectivity index (χ4v) is 5.07. The number of carbonyl (C=O) groups excluding carboxylic acids is 1. The second-order valence-corrected chi connectivity index (χ2v) is 9.15. The van der Waals surface area contributed by atoms with Gasteiger partial charge in [-0.05, 0) is 79.9 Å². The predicted octanol–water partition coefficient (Wildman–Crippen LogP) is 3.26. The highest BCUT2D eigenvalue weighted by Gasteiger charge is 2.36. The van der Waals surface area contributed by atoms with E-state index in [0.717, 1.165) is 42.5 Å². The monoisotopic (exact) mass is 472 g/mol. The van der Waals surface area contributed by atoms with E-state index in [4.69, 9.17) is 11.6 Å². The molecule has 33 heavy (non-hydrogen) atoms. The van der Waals surface area contributed by atoms with Crippen LogP contribution in [0, 0.1) is 5.82 Å². The molecule has 0 radical (unpaired) electrons. The first kappa shape index (κ1) is 22.2. The fraction of sp³-hybridized carbons (Fsp3) is 0.375. The lowest BCUT2D eigenvalue weighted by molar-refractivity contribution is -0.0362. The van der Waals surface area contributed by atoms with Gasteiger partial charge in [0.25, 0.3) is 0 Å². The van der Waals surface area contributed by atoms with Crippen molar-refractivity contribution in [2.45, 2.75) is 31.2 Å². The molecule has 9 heteroatoms. The molecule has 2 amide bonds. The van der Waals surface area contributed by atoms with Crippen LogP contribution in [-0.2, 0) is 0 Å². The Balaban J connectivity index is 1.31. The molecule has 1 aromatic heterocycles. The highest BCUT2D eigenvalue weighted by atomic mass is 35.5. The number of urea groups is 1. The number of benzene rings is 2. The number of hydrogen-bond acceptors (Lipinski definition) is 4. The number of halogens is 2. The number of piperidine rings is 1. The lowest BCUT2D eigenvalue weighted by Gasteiger charge is -2.33. The lowest BCUT2D eigenvalue weighted by atomic mass is 9.89. The van der Waals surface area contributed by atoms with Crippen molar-refractivity contribution in [2.75, 3.05) is 26.2 Å². The summed E-state index contributed by atoms with van der Waals surface area (Å²) in [4.78, 5) is 15.4. The minimum absolute atomic E-state index is 0.265. The van der Waals surface area contributed by atoms with E-state index in [2.05, 4.69) is 21.0 Å². The minimum atomic E-state index is -1.24. The normalized spacial score (nSPS) is 22.3. The van der Waals surface area contributed by atoms with Gasteiger partial charge >= 0.3 is 6.03 Å². The Morgan fingerprint density at radius 3 is 2.45 bits per heavy atom. The molecule has 5 rings (SSSR count). The Labute approximate surface area is 196 Å². The molecular formula is C24H26ClFN4O3. The third-order valence-electron chi connectivity index (χ3n) is 6.72. The van der Waals surface area contributed by atoms with Crippen LogP contribution in [0.2, 0.25) is 5.02 Å². The van der Waals surface area contributed by atoms with E-state index in [-0.39, 0.29) is 5.82 Å². The van der Waals surface area contributed by atoms with E-state index in [1.54, 1.807) is 12.1 Å². The maximum Gasteiger partial charge on any atom is 0.321 e. The van der Waals surface area contributed by atoms with Crippen molar-refractivity contribution in [1.82, 2.24) is 19.7 Å². The van der Waals surface area contributed by atoms with E-state index in [0.29, 0.717) is 24.0 Å². The van der Waals surface area contributed by atoms with Crippen molar-refractivity contribution < 1.29 is 19.4 Å². The molecule has 0 saturated carbocycles. The molecule has 2 aliphatic heterocycles. The van der Waals surface area contributed by atoms with Gasteiger partial charge in [-0.25, -0.2) is 9.18 Å². The van der Waals surface area contributed by atoms with Gasteiger partial charge in [0.2, 0.25) is 0 Å². The number of amides is 2. The second-order valence-electron chi connectivity index (χ2n) is 8.71. The number of aliphatic hydroxyl groups is 2. The third-order valence-corrected chi connectivity index (χ3v) is 6.96. The van der Waals surface area contributed by atoms with Gasteiger partial charge in [-0.2, -0.15) is 0 Å². The Bertz CT molecular complexity index is 1160. The van der Waals surface area contributed by atoms with E-state index < -0.39 is 18.5 Å². The summed E-state index contributed by atoms with van der Waals surface area (Å²) in [7, 11) is 0. The summed E-state index contributed by atoms with van der Waals surface area (Å²) in [5.41, 5.74) is 3.17. The molecule has 3 aromatic rings. The van der Waals surface area contributed by atoms with Crippen LogP contribution in [0.3, 0.4) is 0 Å². The van der Waals surface area contributed by atoms with Crippen LogP contribution in [-0.4, -0.2) is 69.2 Å². The van der Waals surface area contributed by atoms with Crippen LogP contribution in [0.1, 0.15) is 24.3 Å². The molecule has 174 valence electrons. The molecule has 3 heterocycles. The molecule has 3 N–H and O–H groups in total. The lowest BCUT2D eigenvalue weighted by Crippen LogP contribution is -2.43. The van der Waals surface area contributed by atoms with Gasteiger partial charge < -0.3 is 25.0 Å².